The molecule has 3 rings (SSSR count). The van der Waals surface area contributed by atoms with Crippen LogP contribution in [0.4, 0.5) is 5.82 Å². The maximum Gasteiger partial charge on any atom is 0.165 e. The average molecular weight is 310 g/mol. The van der Waals surface area contributed by atoms with Crippen molar-refractivity contribution in [2.75, 3.05) is 11.9 Å². The van der Waals surface area contributed by atoms with E-state index in [-0.39, 0.29) is 0 Å². The van der Waals surface area contributed by atoms with Crippen molar-refractivity contribution in [3.05, 3.63) is 48.7 Å². The molecular weight excluding hydrogens is 292 g/mol. The highest BCUT2D eigenvalue weighted by atomic mass is 16.5. The van der Waals surface area contributed by atoms with Gasteiger partial charge in [0.25, 0.3) is 0 Å². The van der Waals surface area contributed by atoms with Gasteiger partial charge in [0.1, 0.15) is 17.9 Å². The molecule has 0 aliphatic carbocycles. The van der Waals surface area contributed by atoms with Gasteiger partial charge >= 0.3 is 0 Å². The van der Waals surface area contributed by atoms with E-state index in [0.29, 0.717) is 13.2 Å². The van der Waals surface area contributed by atoms with Gasteiger partial charge < -0.3 is 14.6 Å². The number of nitrogens with zero attached hydrogens (tertiary/aromatic N) is 5. The molecule has 7 nitrogen and oxygen atoms in total. The molecule has 0 spiro atoms. The zero-order chi connectivity index (χ0) is 16.1. The van der Waals surface area contributed by atoms with E-state index in [9.17, 15) is 0 Å². The number of aryl methyl sites for hydroxylation is 1. The third kappa shape index (κ3) is 3.63. The van der Waals surface area contributed by atoms with Gasteiger partial charge in [0.2, 0.25) is 0 Å². The molecule has 0 unspecified atom stereocenters. The van der Waals surface area contributed by atoms with Crippen molar-refractivity contribution in [2.45, 2.75) is 13.5 Å². The van der Waals surface area contributed by atoms with Crippen molar-refractivity contribution in [3.8, 4) is 17.1 Å². The van der Waals surface area contributed by atoms with Gasteiger partial charge in [0, 0.05) is 31.5 Å². The molecule has 0 fully saturated rings. The van der Waals surface area contributed by atoms with Crippen LogP contribution in [0.3, 0.4) is 0 Å². The number of ether oxygens (including phenoxy) is 1. The van der Waals surface area contributed by atoms with Gasteiger partial charge in [-0.25, -0.2) is 4.98 Å². The Morgan fingerprint density at radius 3 is 2.83 bits per heavy atom. The van der Waals surface area contributed by atoms with Crippen molar-refractivity contribution in [1.82, 2.24) is 24.7 Å². The van der Waals surface area contributed by atoms with Crippen LogP contribution in [0.1, 0.15) is 12.5 Å². The van der Waals surface area contributed by atoms with E-state index >= 15 is 0 Å². The van der Waals surface area contributed by atoms with E-state index < -0.39 is 0 Å². The van der Waals surface area contributed by atoms with Crippen LogP contribution in [0.5, 0.6) is 5.75 Å². The molecule has 0 aliphatic rings. The Balaban J connectivity index is 1.65. The summed E-state index contributed by atoms with van der Waals surface area (Å²) in [4.78, 5) is 8.58. The van der Waals surface area contributed by atoms with Crippen LogP contribution in [0.25, 0.3) is 11.4 Å². The van der Waals surface area contributed by atoms with Gasteiger partial charge in [-0.15, -0.1) is 10.2 Å². The maximum absolute atomic E-state index is 5.45. The van der Waals surface area contributed by atoms with Gasteiger partial charge in [-0.05, 0) is 30.7 Å². The van der Waals surface area contributed by atoms with Crippen molar-refractivity contribution >= 4 is 5.82 Å². The number of hydrogen-bond donors (Lipinski definition) is 1. The van der Waals surface area contributed by atoms with Crippen LogP contribution in [-0.2, 0) is 13.6 Å². The molecule has 3 aromatic rings. The molecule has 0 bridgehead atoms. The minimum atomic E-state index is 0.629. The van der Waals surface area contributed by atoms with Crippen LogP contribution in [-0.4, -0.2) is 31.3 Å². The molecule has 7 heteroatoms. The molecular formula is C16H18N6O. The van der Waals surface area contributed by atoms with E-state index in [1.165, 1.54) is 0 Å². The fraction of sp³-hybridized carbons (Fsp3) is 0.250. The summed E-state index contributed by atoms with van der Waals surface area (Å²) < 4.78 is 7.30. The fourth-order valence-corrected chi connectivity index (χ4v) is 2.17. The van der Waals surface area contributed by atoms with Gasteiger partial charge in [0.05, 0.1) is 12.8 Å². The summed E-state index contributed by atoms with van der Waals surface area (Å²) in [5, 5.41) is 11.2. The summed E-state index contributed by atoms with van der Waals surface area (Å²) >= 11 is 0. The quantitative estimate of drug-likeness (QED) is 0.752. The number of anilines is 1. The highest BCUT2D eigenvalue weighted by Crippen LogP contribution is 2.17. The average Bonchev–Trinajstić information content (AvgIpc) is 3.00. The lowest BCUT2D eigenvalue weighted by Gasteiger charge is -2.08. The summed E-state index contributed by atoms with van der Waals surface area (Å²) in [5.41, 5.74) is 1.96. The Hall–Kier alpha value is -2.96. The highest BCUT2D eigenvalue weighted by Gasteiger charge is 2.05. The Labute approximate surface area is 134 Å². The molecule has 0 saturated carbocycles. The van der Waals surface area contributed by atoms with E-state index in [1.807, 2.05) is 42.9 Å². The van der Waals surface area contributed by atoms with Crippen LogP contribution in [0.15, 0.2) is 43.1 Å². The Bertz CT molecular complexity index is 768. The number of pyridine rings is 2. The van der Waals surface area contributed by atoms with E-state index in [0.717, 1.165) is 28.5 Å². The predicted molar refractivity (Wildman–Crippen MR) is 87.0 cm³/mol. The molecule has 1 N–H and O–H groups in total. The van der Waals surface area contributed by atoms with E-state index in [1.54, 1.807) is 18.7 Å². The first-order valence-corrected chi connectivity index (χ1v) is 7.37. The largest absolute Gasteiger partial charge is 0.492 e. The molecule has 3 heterocycles. The lowest BCUT2D eigenvalue weighted by Crippen LogP contribution is -2.03. The van der Waals surface area contributed by atoms with E-state index in [4.69, 9.17) is 4.74 Å². The number of aromatic nitrogens is 5. The first-order chi connectivity index (χ1) is 11.3. The monoisotopic (exact) mass is 310 g/mol. The molecule has 3 aromatic heterocycles. The molecule has 0 saturated heterocycles. The SMILES string of the molecule is CCOc1cncc(CNc2ccc(-c3nncn3C)cn2)c1. The standard InChI is InChI=1S/C16H18N6O/c1-3-23-14-6-12(7-17-10-14)8-18-15-5-4-13(9-19-15)16-21-20-11-22(16)2/h4-7,9-11H,3,8H2,1-2H3,(H,18,19). The number of rotatable bonds is 6. The molecule has 0 aromatic carbocycles. The smallest absolute Gasteiger partial charge is 0.165 e. The summed E-state index contributed by atoms with van der Waals surface area (Å²) in [7, 11) is 1.90. The Morgan fingerprint density at radius 1 is 1.22 bits per heavy atom. The van der Waals surface area contributed by atoms with Gasteiger partial charge in [-0.1, -0.05) is 0 Å². The van der Waals surface area contributed by atoms with Gasteiger partial charge in [-0.2, -0.15) is 0 Å². The first-order valence-electron chi connectivity index (χ1n) is 7.37. The summed E-state index contributed by atoms with van der Waals surface area (Å²) in [6, 6.07) is 5.86. The first kappa shape index (κ1) is 15.0. The molecule has 23 heavy (non-hydrogen) atoms. The summed E-state index contributed by atoms with van der Waals surface area (Å²) in [6.45, 7) is 3.21. The number of hydrogen-bond acceptors (Lipinski definition) is 6. The fourth-order valence-electron chi connectivity index (χ4n) is 2.17. The third-order valence-corrected chi connectivity index (χ3v) is 3.29. The van der Waals surface area contributed by atoms with Crippen molar-refractivity contribution in [1.29, 1.82) is 0 Å². The second-order valence-electron chi connectivity index (χ2n) is 5.01. The van der Waals surface area contributed by atoms with Crippen LogP contribution in [0.2, 0.25) is 0 Å². The predicted octanol–water partition coefficient (Wildman–Crippen LogP) is 2.28. The van der Waals surface area contributed by atoms with Crippen molar-refractivity contribution in [2.24, 2.45) is 7.05 Å². The summed E-state index contributed by atoms with van der Waals surface area (Å²) in [5.74, 6) is 2.35. The molecule has 0 atom stereocenters. The van der Waals surface area contributed by atoms with Gasteiger partial charge in [0.15, 0.2) is 5.82 Å². The molecule has 0 aliphatic heterocycles. The topological polar surface area (TPSA) is 77.8 Å². The zero-order valence-corrected chi connectivity index (χ0v) is 13.1. The molecule has 0 amide bonds. The lowest BCUT2D eigenvalue weighted by molar-refractivity contribution is 0.338. The Morgan fingerprint density at radius 2 is 2.13 bits per heavy atom. The van der Waals surface area contributed by atoms with Crippen molar-refractivity contribution < 1.29 is 4.74 Å². The van der Waals surface area contributed by atoms with Gasteiger partial charge in [-0.3, -0.25) is 4.98 Å². The number of nitrogens with one attached hydrogen (secondary N) is 1. The molecule has 118 valence electrons. The summed E-state index contributed by atoms with van der Waals surface area (Å²) in [6.07, 6.45) is 6.96. The minimum absolute atomic E-state index is 0.629. The second kappa shape index (κ2) is 6.87. The zero-order valence-electron chi connectivity index (χ0n) is 13.1. The normalized spacial score (nSPS) is 10.5. The van der Waals surface area contributed by atoms with Crippen LogP contribution in [0, 0.1) is 0 Å². The second-order valence-corrected chi connectivity index (χ2v) is 5.01. The molecule has 0 radical (unpaired) electrons. The highest BCUT2D eigenvalue weighted by molar-refractivity contribution is 5.55. The Kier molecular flexibility index (Phi) is 4.46. The minimum Gasteiger partial charge on any atom is -0.492 e. The van der Waals surface area contributed by atoms with Crippen LogP contribution < -0.4 is 10.1 Å². The third-order valence-electron chi connectivity index (χ3n) is 3.29. The maximum atomic E-state index is 5.45. The van der Waals surface area contributed by atoms with Crippen molar-refractivity contribution in [3.63, 3.8) is 0 Å². The van der Waals surface area contributed by atoms with Crippen LogP contribution >= 0.6 is 0 Å². The lowest BCUT2D eigenvalue weighted by atomic mass is 10.2. The van der Waals surface area contributed by atoms with E-state index in [2.05, 4.69) is 25.5 Å².